The van der Waals surface area contributed by atoms with Crippen molar-refractivity contribution in [2.45, 2.75) is 6.92 Å². The number of carbonyl (C=O) groups excluding carboxylic acids is 2. The third kappa shape index (κ3) is 3.89. The molecule has 2 aromatic carbocycles. The second-order valence-corrected chi connectivity index (χ2v) is 6.71. The van der Waals surface area contributed by atoms with E-state index in [2.05, 4.69) is 5.32 Å². The Kier molecular flexibility index (Phi) is 6.77. The van der Waals surface area contributed by atoms with Gasteiger partial charge in [0.2, 0.25) is 5.75 Å². The van der Waals surface area contributed by atoms with Crippen molar-refractivity contribution in [2.75, 3.05) is 47.4 Å². The number of carbonyl (C=O) groups is 2. The molecular weight excluding hydrogens is 416 g/mol. The predicted octanol–water partition coefficient (Wildman–Crippen LogP) is 2.94. The van der Waals surface area contributed by atoms with Crippen molar-refractivity contribution in [3.63, 3.8) is 0 Å². The highest BCUT2D eigenvalue weighted by Gasteiger charge is 2.38. The molecule has 9 heteroatoms. The maximum Gasteiger partial charge on any atom is 0.278 e. The van der Waals surface area contributed by atoms with E-state index in [4.69, 9.17) is 23.7 Å². The zero-order valence-electron chi connectivity index (χ0n) is 18.9. The molecule has 1 aliphatic heterocycles. The van der Waals surface area contributed by atoms with Gasteiger partial charge in [0.25, 0.3) is 11.8 Å². The molecule has 2 aromatic rings. The first-order valence-corrected chi connectivity index (χ1v) is 9.83. The number of rotatable bonds is 9. The first kappa shape index (κ1) is 22.8. The van der Waals surface area contributed by atoms with Gasteiger partial charge in [-0.2, -0.15) is 0 Å². The normalized spacial score (nSPS) is 13.4. The number of imide groups is 1. The summed E-state index contributed by atoms with van der Waals surface area (Å²) in [5.41, 5.74) is 1.38. The van der Waals surface area contributed by atoms with Crippen molar-refractivity contribution < 1.29 is 33.3 Å². The third-order valence-corrected chi connectivity index (χ3v) is 5.09. The first-order valence-electron chi connectivity index (χ1n) is 9.83. The van der Waals surface area contributed by atoms with Gasteiger partial charge in [0.15, 0.2) is 23.0 Å². The van der Waals surface area contributed by atoms with Crippen LogP contribution < -0.4 is 29.0 Å². The van der Waals surface area contributed by atoms with Crippen LogP contribution in [0, 0.1) is 0 Å². The molecule has 2 amide bonds. The molecule has 0 aliphatic carbocycles. The number of ether oxygens (including phenoxy) is 5. The summed E-state index contributed by atoms with van der Waals surface area (Å²) >= 11 is 0. The number of nitrogens with one attached hydrogen (secondary N) is 1. The number of nitrogens with zero attached hydrogens (tertiary/aromatic N) is 1. The van der Waals surface area contributed by atoms with E-state index in [0.717, 1.165) is 0 Å². The van der Waals surface area contributed by atoms with Crippen molar-refractivity contribution in [2.24, 2.45) is 0 Å². The Bertz CT molecular complexity index is 1050. The quantitative estimate of drug-likeness (QED) is 0.593. The van der Waals surface area contributed by atoms with Crippen LogP contribution in [0.1, 0.15) is 12.5 Å². The minimum absolute atomic E-state index is 0.137. The van der Waals surface area contributed by atoms with Gasteiger partial charge in [0, 0.05) is 24.4 Å². The maximum absolute atomic E-state index is 13.1. The topological polar surface area (TPSA) is 95.6 Å². The molecule has 0 unspecified atom stereocenters. The van der Waals surface area contributed by atoms with Gasteiger partial charge in [-0.3, -0.25) is 14.5 Å². The largest absolute Gasteiger partial charge is 0.493 e. The molecule has 0 aromatic heterocycles. The van der Waals surface area contributed by atoms with Gasteiger partial charge in [-0.15, -0.1) is 0 Å². The fraction of sp³-hybridized carbons (Fsp3) is 0.304. The summed E-state index contributed by atoms with van der Waals surface area (Å²) in [5, 5.41) is 3.08. The van der Waals surface area contributed by atoms with E-state index < -0.39 is 11.8 Å². The summed E-state index contributed by atoms with van der Waals surface area (Å²) in [6.07, 6.45) is 0. The summed E-state index contributed by atoms with van der Waals surface area (Å²) < 4.78 is 26.8. The van der Waals surface area contributed by atoms with Crippen molar-refractivity contribution >= 4 is 23.1 Å². The Balaban J connectivity index is 2.15. The van der Waals surface area contributed by atoms with E-state index in [1.165, 1.54) is 40.4 Å². The first-order chi connectivity index (χ1) is 15.4. The molecule has 170 valence electrons. The van der Waals surface area contributed by atoms with Crippen molar-refractivity contribution in [3.05, 3.63) is 41.6 Å². The highest BCUT2D eigenvalue weighted by Crippen LogP contribution is 2.41. The van der Waals surface area contributed by atoms with Crippen LogP contribution in [0.4, 0.5) is 5.69 Å². The fourth-order valence-electron chi connectivity index (χ4n) is 3.54. The minimum atomic E-state index is -0.434. The lowest BCUT2D eigenvalue weighted by Gasteiger charge is -2.16. The fourth-order valence-corrected chi connectivity index (χ4v) is 3.54. The van der Waals surface area contributed by atoms with Crippen molar-refractivity contribution in [1.29, 1.82) is 0 Å². The van der Waals surface area contributed by atoms with Crippen LogP contribution in [0.5, 0.6) is 28.7 Å². The number of hydrogen-bond donors (Lipinski definition) is 1. The summed E-state index contributed by atoms with van der Waals surface area (Å²) in [4.78, 5) is 27.4. The van der Waals surface area contributed by atoms with Crippen LogP contribution in [0.3, 0.4) is 0 Å². The average Bonchev–Trinajstić information content (AvgIpc) is 3.06. The SMILES string of the molecule is CCN1C(=O)C(Nc2cc(OC)c(OC)c(OC)c2)=C(c2ccc(OC)c(OC)c2)C1=O. The lowest BCUT2D eigenvalue weighted by molar-refractivity contribution is -0.136. The van der Waals surface area contributed by atoms with E-state index >= 15 is 0 Å². The van der Waals surface area contributed by atoms with Crippen LogP contribution >= 0.6 is 0 Å². The van der Waals surface area contributed by atoms with Crippen LogP contribution in [0.25, 0.3) is 5.57 Å². The Morgan fingerprint density at radius 3 is 1.84 bits per heavy atom. The maximum atomic E-state index is 13.1. The van der Waals surface area contributed by atoms with Gasteiger partial charge >= 0.3 is 0 Å². The smallest absolute Gasteiger partial charge is 0.278 e. The van der Waals surface area contributed by atoms with Crippen LogP contribution in [0.15, 0.2) is 36.0 Å². The molecule has 3 rings (SSSR count). The number of hydrogen-bond acceptors (Lipinski definition) is 8. The molecule has 1 aliphatic rings. The summed E-state index contributed by atoms with van der Waals surface area (Å²) in [7, 11) is 7.53. The van der Waals surface area contributed by atoms with Crippen molar-refractivity contribution in [3.8, 4) is 28.7 Å². The Morgan fingerprint density at radius 1 is 0.750 bits per heavy atom. The molecule has 0 saturated heterocycles. The lowest BCUT2D eigenvalue weighted by atomic mass is 10.0. The number of anilines is 1. The van der Waals surface area contributed by atoms with Gasteiger partial charge in [-0.05, 0) is 24.6 Å². The summed E-state index contributed by atoms with van der Waals surface area (Å²) in [5.74, 6) is 1.35. The third-order valence-electron chi connectivity index (χ3n) is 5.09. The van der Waals surface area contributed by atoms with E-state index in [0.29, 0.717) is 40.0 Å². The number of amides is 2. The zero-order chi connectivity index (χ0) is 23.4. The van der Waals surface area contributed by atoms with E-state index in [-0.39, 0.29) is 17.8 Å². The monoisotopic (exact) mass is 442 g/mol. The molecule has 0 atom stereocenters. The summed E-state index contributed by atoms with van der Waals surface area (Å²) in [6, 6.07) is 8.37. The molecule has 9 nitrogen and oxygen atoms in total. The Morgan fingerprint density at radius 2 is 1.34 bits per heavy atom. The molecule has 1 N–H and O–H groups in total. The lowest BCUT2D eigenvalue weighted by Crippen LogP contribution is -2.32. The molecule has 0 radical (unpaired) electrons. The highest BCUT2D eigenvalue weighted by atomic mass is 16.5. The van der Waals surface area contributed by atoms with E-state index in [1.807, 2.05) is 0 Å². The number of benzene rings is 2. The van der Waals surface area contributed by atoms with Gasteiger partial charge in [0.1, 0.15) is 5.70 Å². The van der Waals surface area contributed by atoms with E-state index in [9.17, 15) is 9.59 Å². The van der Waals surface area contributed by atoms with Crippen molar-refractivity contribution in [1.82, 2.24) is 4.90 Å². The zero-order valence-corrected chi connectivity index (χ0v) is 18.9. The van der Waals surface area contributed by atoms with Crippen LogP contribution in [0.2, 0.25) is 0 Å². The predicted molar refractivity (Wildman–Crippen MR) is 119 cm³/mol. The van der Waals surface area contributed by atoms with Gasteiger partial charge in [-0.25, -0.2) is 0 Å². The number of likely N-dealkylation sites (N-methyl/N-ethyl adjacent to an activating group) is 1. The molecule has 0 saturated carbocycles. The van der Waals surface area contributed by atoms with Gasteiger partial charge < -0.3 is 29.0 Å². The molecule has 0 bridgehead atoms. The summed E-state index contributed by atoms with van der Waals surface area (Å²) in [6.45, 7) is 1.97. The minimum Gasteiger partial charge on any atom is -0.493 e. The highest BCUT2D eigenvalue weighted by molar-refractivity contribution is 6.36. The molecule has 32 heavy (non-hydrogen) atoms. The average molecular weight is 442 g/mol. The number of methoxy groups -OCH3 is 5. The molecule has 1 heterocycles. The molecular formula is C23H26N2O7. The second-order valence-electron chi connectivity index (χ2n) is 6.71. The Labute approximate surface area is 186 Å². The van der Waals surface area contributed by atoms with Gasteiger partial charge in [-0.1, -0.05) is 6.07 Å². The molecule has 0 fully saturated rings. The Hall–Kier alpha value is -3.88. The second kappa shape index (κ2) is 9.51. The van der Waals surface area contributed by atoms with Gasteiger partial charge in [0.05, 0.1) is 41.1 Å². The van der Waals surface area contributed by atoms with Crippen LogP contribution in [-0.2, 0) is 9.59 Å². The molecule has 0 spiro atoms. The van der Waals surface area contributed by atoms with E-state index in [1.54, 1.807) is 37.3 Å². The standard InChI is InChI=1S/C23H26N2O7/c1-7-25-22(26)19(13-8-9-15(28-2)16(10-13)29-3)20(23(25)27)24-14-11-17(30-4)21(32-6)18(12-14)31-5/h8-12,24H,7H2,1-6H3. The van der Waals surface area contributed by atoms with Crippen LogP contribution in [-0.4, -0.2) is 58.8 Å².